The maximum atomic E-state index is 12.0. The molecule has 2 heterocycles. The second kappa shape index (κ2) is 5.53. The molecule has 0 aliphatic carbocycles. The van der Waals surface area contributed by atoms with Crippen LogP contribution in [0, 0.1) is 0 Å². The van der Waals surface area contributed by atoms with Crippen LogP contribution in [0.3, 0.4) is 0 Å². The van der Waals surface area contributed by atoms with Gasteiger partial charge in [-0.2, -0.15) is 0 Å². The molecule has 0 aromatic carbocycles. The van der Waals surface area contributed by atoms with Crippen molar-refractivity contribution in [2.75, 3.05) is 52.9 Å². The van der Waals surface area contributed by atoms with Gasteiger partial charge >= 0.3 is 6.09 Å². The van der Waals surface area contributed by atoms with Crippen LogP contribution in [0.4, 0.5) is 4.79 Å². The summed E-state index contributed by atoms with van der Waals surface area (Å²) in [5.74, 6) is -0.0160. The minimum absolute atomic E-state index is 0.0160. The number of carbonyl (C=O) groups excluding carboxylic acids is 2. The summed E-state index contributed by atoms with van der Waals surface area (Å²) in [6.07, 6.45) is -0.717. The maximum absolute atomic E-state index is 12.0. The lowest BCUT2D eigenvalue weighted by Gasteiger charge is -2.33. The lowest BCUT2D eigenvalue weighted by atomic mass is 10.3. The Bertz CT molecular complexity index is 328. The fourth-order valence-electron chi connectivity index (χ4n) is 2.15. The van der Waals surface area contributed by atoms with E-state index < -0.39 is 6.09 Å². The van der Waals surface area contributed by atoms with Crippen LogP contribution in [0.1, 0.15) is 0 Å². The van der Waals surface area contributed by atoms with Crippen molar-refractivity contribution >= 4 is 12.0 Å². The summed E-state index contributed by atoms with van der Waals surface area (Å²) in [5, 5.41) is 0. The van der Waals surface area contributed by atoms with Crippen LogP contribution in [0.25, 0.3) is 0 Å². The Balaban J connectivity index is 1.82. The van der Waals surface area contributed by atoms with E-state index in [0.717, 1.165) is 26.2 Å². The summed E-state index contributed by atoms with van der Waals surface area (Å²) in [5.41, 5.74) is 5.44. The van der Waals surface area contributed by atoms with Gasteiger partial charge in [-0.15, -0.1) is 0 Å². The minimum atomic E-state index is -0.437. The molecular weight excluding hydrogens is 236 g/mol. The first-order valence-electron chi connectivity index (χ1n) is 6.22. The fourth-order valence-corrected chi connectivity index (χ4v) is 2.15. The molecule has 102 valence electrons. The average Bonchev–Trinajstić information content (AvgIpc) is 2.71. The number of nitrogens with zero attached hydrogens (tertiary/aromatic N) is 3. The van der Waals surface area contributed by atoms with Crippen molar-refractivity contribution in [3.63, 3.8) is 0 Å². The second-order valence-corrected chi connectivity index (χ2v) is 4.81. The van der Waals surface area contributed by atoms with Crippen LogP contribution < -0.4 is 5.73 Å². The van der Waals surface area contributed by atoms with Gasteiger partial charge in [-0.25, -0.2) is 4.79 Å². The molecule has 1 atom stereocenters. The number of hydrogen-bond acceptors (Lipinski definition) is 5. The van der Waals surface area contributed by atoms with Crippen LogP contribution in [-0.2, 0) is 9.53 Å². The fraction of sp³-hybridized carbons (Fsp3) is 0.818. The van der Waals surface area contributed by atoms with Gasteiger partial charge in [0.15, 0.2) is 0 Å². The molecule has 7 heteroatoms. The molecule has 0 aromatic heterocycles. The molecule has 0 radical (unpaired) electrons. The molecule has 18 heavy (non-hydrogen) atoms. The second-order valence-electron chi connectivity index (χ2n) is 4.81. The predicted octanol–water partition coefficient (Wildman–Crippen LogP) is -1.46. The van der Waals surface area contributed by atoms with Crippen molar-refractivity contribution in [2.24, 2.45) is 5.73 Å². The van der Waals surface area contributed by atoms with E-state index in [1.807, 2.05) is 7.05 Å². The SMILES string of the molecule is CN1CCN(C(=O)CN2CC(CN)OC2=O)CC1. The van der Waals surface area contributed by atoms with Crippen LogP contribution in [-0.4, -0.2) is 85.7 Å². The molecule has 0 aromatic rings. The van der Waals surface area contributed by atoms with Gasteiger partial charge in [0, 0.05) is 32.7 Å². The summed E-state index contributed by atoms with van der Waals surface area (Å²) in [4.78, 5) is 28.9. The molecular formula is C11H20N4O3. The van der Waals surface area contributed by atoms with Crippen molar-refractivity contribution in [1.29, 1.82) is 0 Å². The van der Waals surface area contributed by atoms with E-state index in [1.165, 1.54) is 4.90 Å². The molecule has 2 aliphatic rings. The molecule has 2 saturated heterocycles. The Labute approximate surface area is 106 Å². The van der Waals surface area contributed by atoms with E-state index in [2.05, 4.69) is 4.90 Å². The largest absolute Gasteiger partial charge is 0.443 e. The molecule has 2 fully saturated rings. The van der Waals surface area contributed by atoms with Gasteiger partial charge < -0.3 is 20.3 Å². The van der Waals surface area contributed by atoms with Crippen molar-refractivity contribution in [1.82, 2.24) is 14.7 Å². The van der Waals surface area contributed by atoms with Crippen LogP contribution >= 0.6 is 0 Å². The van der Waals surface area contributed by atoms with Crippen molar-refractivity contribution in [2.45, 2.75) is 6.10 Å². The topological polar surface area (TPSA) is 79.1 Å². The van der Waals surface area contributed by atoms with Gasteiger partial charge in [-0.1, -0.05) is 0 Å². The number of carbonyl (C=O) groups is 2. The highest BCUT2D eigenvalue weighted by atomic mass is 16.6. The molecule has 0 bridgehead atoms. The first-order chi connectivity index (χ1) is 8.60. The number of amides is 2. The molecule has 2 N–H and O–H groups in total. The zero-order valence-corrected chi connectivity index (χ0v) is 10.7. The van der Waals surface area contributed by atoms with Crippen molar-refractivity contribution in [3.8, 4) is 0 Å². The van der Waals surface area contributed by atoms with Gasteiger partial charge in [0.05, 0.1) is 6.54 Å². The zero-order valence-electron chi connectivity index (χ0n) is 10.7. The number of hydrogen-bond donors (Lipinski definition) is 1. The Morgan fingerprint density at radius 3 is 2.61 bits per heavy atom. The summed E-state index contributed by atoms with van der Waals surface area (Å²) in [7, 11) is 2.03. The van der Waals surface area contributed by atoms with E-state index >= 15 is 0 Å². The third-order valence-electron chi connectivity index (χ3n) is 3.39. The normalized spacial score (nSPS) is 25.4. The highest BCUT2D eigenvalue weighted by molar-refractivity contribution is 5.83. The number of nitrogens with two attached hydrogens (primary N) is 1. The highest BCUT2D eigenvalue weighted by Gasteiger charge is 2.32. The van der Waals surface area contributed by atoms with Crippen LogP contribution in [0.15, 0.2) is 0 Å². The number of likely N-dealkylation sites (N-methyl/N-ethyl adjacent to an activating group) is 1. The number of cyclic esters (lactones) is 1. The summed E-state index contributed by atoms with van der Waals surface area (Å²) in [6.45, 7) is 4.00. The predicted molar refractivity (Wildman–Crippen MR) is 65.0 cm³/mol. The smallest absolute Gasteiger partial charge is 0.410 e. The monoisotopic (exact) mass is 256 g/mol. The van der Waals surface area contributed by atoms with Gasteiger partial charge in [0.2, 0.25) is 5.91 Å². The van der Waals surface area contributed by atoms with E-state index in [1.54, 1.807) is 4.90 Å². The molecule has 2 rings (SSSR count). The molecule has 0 saturated carbocycles. The van der Waals surface area contributed by atoms with E-state index in [4.69, 9.17) is 10.5 Å². The number of rotatable bonds is 3. The lowest BCUT2D eigenvalue weighted by Crippen LogP contribution is -2.50. The van der Waals surface area contributed by atoms with Gasteiger partial charge in [-0.3, -0.25) is 9.69 Å². The Hall–Kier alpha value is -1.34. The first-order valence-corrected chi connectivity index (χ1v) is 6.22. The zero-order chi connectivity index (χ0) is 13.1. The average molecular weight is 256 g/mol. The Morgan fingerprint density at radius 1 is 1.39 bits per heavy atom. The molecule has 2 aliphatic heterocycles. The quantitative estimate of drug-likeness (QED) is 0.667. The summed E-state index contributed by atoms with van der Waals surface area (Å²) in [6, 6.07) is 0. The van der Waals surface area contributed by atoms with E-state index in [0.29, 0.717) is 13.1 Å². The van der Waals surface area contributed by atoms with Crippen LogP contribution in [0.2, 0.25) is 0 Å². The third-order valence-corrected chi connectivity index (χ3v) is 3.39. The summed E-state index contributed by atoms with van der Waals surface area (Å²) < 4.78 is 5.01. The lowest BCUT2D eigenvalue weighted by molar-refractivity contribution is -0.133. The van der Waals surface area contributed by atoms with E-state index in [9.17, 15) is 9.59 Å². The molecule has 0 spiro atoms. The van der Waals surface area contributed by atoms with Crippen molar-refractivity contribution in [3.05, 3.63) is 0 Å². The Kier molecular flexibility index (Phi) is 4.03. The van der Waals surface area contributed by atoms with Crippen molar-refractivity contribution < 1.29 is 14.3 Å². The van der Waals surface area contributed by atoms with Gasteiger partial charge in [0.25, 0.3) is 0 Å². The molecule has 1 unspecified atom stereocenters. The van der Waals surface area contributed by atoms with E-state index in [-0.39, 0.29) is 18.6 Å². The Morgan fingerprint density at radius 2 is 2.06 bits per heavy atom. The maximum Gasteiger partial charge on any atom is 0.410 e. The number of ether oxygens (including phenoxy) is 1. The van der Waals surface area contributed by atoms with Gasteiger partial charge in [0.1, 0.15) is 12.6 Å². The summed E-state index contributed by atoms with van der Waals surface area (Å²) >= 11 is 0. The molecule has 7 nitrogen and oxygen atoms in total. The minimum Gasteiger partial charge on any atom is -0.443 e. The standard InChI is InChI=1S/C11H20N4O3/c1-13-2-4-14(5-3-13)10(16)8-15-7-9(6-12)18-11(15)17/h9H,2-8,12H2,1H3. The van der Waals surface area contributed by atoms with Crippen LogP contribution in [0.5, 0.6) is 0 Å². The third kappa shape index (κ3) is 2.91. The first kappa shape index (κ1) is 13.1. The highest BCUT2D eigenvalue weighted by Crippen LogP contribution is 2.11. The van der Waals surface area contributed by atoms with Gasteiger partial charge in [-0.05, 0) is 7.05 Å². The molecule has 2 amide bonds. The number of piperazine rings is 1.